The molecule has 2 fully saturated rings. The van der Waals surface area contributed by atoms with Gasteiger partial charge in [0.05, 0.1) is 11.4 Å². The first-order chi connectivity index (χ1) is 8.71. The molecule has 2 rings (SSSR count). The van der Waals surface area contributed by atoms with Crippen LogP contribution in [-0.4, -0.2) is 31.1 Å². The minimum absolute atomic E-state index is 0.556. The number of allylic oxidation sites excluding steroid dienone is 3. The number of rotatable bonds is 3. The zero-order valence-corrected chi connectivity index (χ0v) is 11.4. The average Bonchev–Trinajstić information content (AvgIpc) is 2.85. The number of nitrogens with one attached hydrogen (secondary N) is 1. The molecule has 2 saturated heterocycles. The van der Waals surface area contributed by atoms with Crippen molar-refractivity contribution >= 4 is 0 Å². The Morgan fingerprint density at radius 2 is 2.06 bits per heavy atom. The lowest BCUT2D eigenvalue weighted by Gasteiger charge is -2.41. The third kappa shape index (κ3) is 2.61. The molecule has 3 heteroatoms. The fourth-order valence-corrected chi connectivity index (χ4v) is 3.09. The Morgan fingerprint density at radius 3 is 2.56 bits per heavy atom. The fraction of sp³-hybridized carbons (Fsp3) is 0.600. The van der Waals surface area contributed by atoms with E-state index in [-0.39, 0.29) is 0 Å². The van der Waals surface area contributed by atoms with Gasteiger partial charge < -0.3 is 16.0 Å². The summed E-state index contributed by atoms with van der Waals surface area (Å²) in [6, 6.07) is 0. The number of likely N-dealkylation sites (tertiary alicyclic amines) is 1. The van der Waals surface area contributed by atoms with Gasteiger partial charge in [0.2, 0.25) is 0 Å². The van der Waals surface area contributed by atoms with Gasteiger partial charge in [-0.15, -0.1) is 0 Å². The van der Waals surface area contributed by atoms with Crippen molar-refractivity contribution in [2.45, 2.75) is 26.2 Å². The Balaban J connectivity index is 2.03. The van der Waals surface area contributed by atoms with Crippen molar-refractivity contribution in [3.05, 3.63) is 36.2 Å². The molecule has 2 aliphatic rings. The maximum Gasteiger partial charge on any atom is 0.0596 e. The van der Waals surface area contributed by atoms with E-state index in [4.69, 9.17) is 5.73 Å². The van der Waals surface area contributed by atoms with Gasteiger partial charge in [-0.25, -0.2) is 0 Å². The van der Waals surface area contributed by atoms with E-state index in [0.29, 0.717) is 5.41 Å². The van der Waals surface area contributed by atoms with Gasteiger partial charge in [0.1, 0.15) is 0 Å². The third-order valence-electron chi connectivity index (χ3n) is 4.38. The molecule has 100 valence electrons. The standard InChI is InChI=1S/C15H25N3/c1-3-5-14(13(16)4-2)18-10-7-15(8-11-18)6-9-17-12-15/h3-5,17H,1,6-12,16H2,2H3/b13-4+,14-5+. The molecular formula is C15H25N3. The highest BCUT2D eigenvalue weighted by Crippen LogP contribution is 2.38. The van der Waals surface area contributed by atoms with Crippen molar-refractivity contribution in [2.24, 2.45) is 11.1 Å². The molecule has 1 spiro atoms. The summed E-state index contributed by atoms with van der Waals surface area (Å²) in [4.78, 5) is 2.40. The van der Waals surface area contributed by atoms with E-state index in [0.717, 1.165) is 24.5 Å². The number of piperidine rings is 1. The van der Waals surface area contributed by atoms with Crippen molar-refractivity contribution in [1.29, 1.82) is 0 Å². The first-order valence-corrected chi connectivity index (χ1v) is 6.91. The Morgan fingerprint density at radius 1 is 1.33 bits per heavy atom. The van der Waals surface area contributed by atoms with Crippen LogP contribution < -0.4 is 11.1 Å². The van der Waals surface area contributed by atoms with Crippen molar-refractivity contribution < 1.29 is 0 Å². The molecule has 0 unspecified atom stereocenters. The maximum absolute atomic E-state index is 6.07. The molecule has 3 nitrogen and oxygen atoms in total. The Hall–Kier alpha value is -1.22. The van der Waals surface area contributed by atoms with Gasteiger partial charge >= 0.3 is 0 Å². The van der Waals surface area contributed by atoms with Crippen LogP contribution in [-0.2, 0) is 0 Å². The summed E-state index contributed by atoms with van der Waals surface area (Å²) in [6.07, 6.45) is 9.70. The summed E-state index contributed by atoms with van der Waals surface area (Å²) in [5.74, 6) is 0. The molecule has 2 aliphatic heterocycles. The van der Waals surface area contributed by atoms with Crippen LogP contribution >= 0.6 is 0 Å². The second-order valence-electron chi connectivity index (χ2n) is 5.45. The number of nitrogens with zero attached hydrogens (tertiary/aromatic N) is 1. The molecule has 0 saturated carbocycles. The molecule has 0 bridgehead atoms. The fourth-order valence-electron chi connectivity index (χ4n) is 3.09. The van der Waals surface area contributed by atoms with Gasteiger partial charge in [-0.05, 0) is 44.2 Å². The molecule has 0 aromatic carbocycles. The van der Waals surface area contributed by atoms with E-state index in [2.05, 4.69) is 16.8 Å². The van der Waals surface area contributed by atoms with E-state index in [1.807, 2.05) is 25.2 Å². The molecule has 18 heavy (non-hydrogen) atoms. The summed E-state index contributed by atoms with van der Waals surface area (Å²) >= 11 is 0. The Kier molecular flexibility index (Phi) is 4.12. The normalized spacial score (nSPS) is 24.6. The molecule has 0 radical (unpaired) electrons. The second-order valence-corrected chi connectivity index (χ2v) is 5.45. The topological polar surface area (TPSA) is 41.3 Å². The van der Waals surface area contributed by atoms with Crippen molar-refractivity contribution in [3.8, 4) is 0 Å². The summed E-state index contributed by atoms with van der Waals surface area (Å²) < 4.78 is 0. The van der Waals surface area contributed by atoms with Gasteiger partial charge in [-0.3, -0.25) is 0 Å². The molecule has 3 N–H and O–H groups in total. The van der Waals surface area contributed by atoms with Gasteiger partial charge in [0, 0.05) is 19.6 Å². The van der Waals surface area contributed by atoms with Crippen molar-refractivity contribution in [3.63, 3.8) is 0 Å². The van der Waals surface area contributed by atoms with E-state index >= 15 is 0 Å². The van der Waals surface area contributed by atoms with Gasteiger partial charge in [0.25, 0.3) is 0 Å². The minimum atomic E-state index is 0.556. The van der Waals surface area contributed by atoms with Crippen LogP contribution in [0.4, 0.5) is 0 Å². The van der Waals surface area contributed by atoms with Gasteiger partial charge in [-0.2, -0.15) is 0 Å². The monoisotopic (exact) mass is 247 g/mol. The van der Waals surface area contributed by atoms with Crippen LogP contribution in [0.25, 0.3) is 0 Å². The van der Waals surface area contributed by atoms with Crippen LogP contribution in [0, 0.1) is 5.41 Å². The second kappa shape index (κ2) is 5.61. The van der Waals surface area contributed by atoms with Crippen molar-refractivity contribution in [1.82, 2.24) is 10.2 Å². The predicted molar refractivity (Wildman–Crippen MR) is 77.0 cm³/mol. The molecule has 0 aliphatic carbocycles. The summed E-state index contributed by atoms with van der Waals surface area (Å²) in [6.45, 7) is 10.4. The van der Waals surface area contributed by atoms with Crippen LogP contribution in [0.3, 0.4) is 0 Å². The van der Waals surface area contributed by atoms with Gasteiger partial charge in [-0.1, -0.05) is 18.7 Å². The first kappa shape index (κ1) is 13.2. The lowest BCUT2D eigenvalue weighted by Crippen LogP contribution is -2.41. The number of nitrogens with two attached hydrogens (primary N) is 1. The number of hydrogen-bond donors (Lipinski definition) is 2. The van der Waals surface area contributed by atoms with E-state index < -0.39 is 0 Å². The number of hydrogen-bond acceptors (Lipinski definition) is 3. The molecule has 0 atom stereocenters. The van der Waals surface area contributed by atoms with E-state index in [9.17, 15) is 0 Å². The Labute approximate surface area is 110 Å². The maximum atomic E-state index is 6.07. The highest BCUT2D eigenvalue weighted by Gasteiger charge is 2.37. The van der Waals surface area contributed by atoms with Crippen LogP contribution in [0.15, 0.2) is 36.2 Å². The molecule has 2 heterocycles. The smallest absolute Gasteiger partial charge is 0.0596 e. The molecule has 0 aromatic rings. The summed E-state index contributed by atoms with van der Waals surface area (Å²) in [5.41, 5.74) is 8.62. The van der Waals surface area contributed by atoms with Crippen LogP contribution in [0.2, 0.25) is 0 Å². The SMILES string of the molecule is C=C/C=C(\C(N)=C/C)N1CCC2(CCNC2)CC1. The molecular weight excluding hydrogens is 222 g/mol. The highest BCUT2D eigenvalue weighted by atomic mass is 15.2. The zero-order chi connectivity index (χ0) is 13.0. The summed E-state index contributed by atoms with van der Waals surface area (Å²) in [7, 11) is 0. The summed E-state index contributed by atoms with van der Waals surface area (Å²) in [5, 5.41) is 3.50. The largest absolute Gasteiger partial charge is 0.397 e. The highest BCUT2D eigenvalue weighted by molar-refractivity contribution is 5.30. The lowest BCUT2D eigenvalue weighted by atomic mass is 9.77. The van der Waals surface area contributed by atoms with Gasteiger partial charge in [0.15, 0.2) is 0 Å². The van der Waals surface area contributed by atoms with E-state index in [1.165, 1.54) is 32.4 Å². The van der Waals surface area contributed by atoms with Crippen LogP contribution in [0.5, 0.6) is 0 Å². The minimum Gasteiger partial charge on any atom is -0.397 e. The third-order valence-corrected chi connectivity index (χ3v) is 4.38. The molecule has 0 amide bonds. The van der Waals surface area contributed by atoms with Crippen LogP contribution in [0.1, 0.15) is 26.2 Å². The zero-order valence-electron chi connectivity index (χ0n) is 11.4. The quantitative estimate of drug-likeness (QED) is 0.749. The Bertz CT molecular complexity index is 352. The first-order valence-electron chi connectivity index (χ1n) is 6.91. The average molecular weight is 247 g/mol. The molecule has 0 aromatic heterocycles. The predicted octanol–water partition coefficient (Wildman–Crippen LogP) is 1.99. The lowest BCUT2D eigenvalue weighted by molar-refractivity contribution is 0.147. The van der Waals surface area contributed by atoms with E-state index in [1.54, 1.807) is 0 Å². The van der Waals surface area contributed by atoms with Crippen molar-refractivity contribution in [2.75, 3.05) is 26.2 Å².